The maximum Gasteiger partial charge on any atom is 0.120 e. The van der Waals surface area contributed by atoms with Crippen molar-refractivity contribution in [1.82, 2.24) is 0 Å². The summed E-state index contributed by atoms with van der Waals surface area (Å²) in [5.74, 6) is 0.111. The summed E-state index contributed by atoms with van der Waals surface area (Å²) in [7, 11) is 0. The molecule has 0 aliphatic heterocycles. The lowest BCUT2D eigenvalue weighted by Crippen LogP contribution is -1.94. The first kappa shape index (κ1) is 11.8. The molecular weight excluding hydrogens is 242 g/mol. The summed E-state index contributed by atoms with van der Waals surface area (Å²) in [6.07, 6.45) is 1.33. The van der Waals surface area contributed by atoms with E-state index in [2.05, 4.69) is 0 Å². The molecule has 76 valence electrons. The average Bonchev–Trinajstić information content (AvgIpc) is 2.13. The fourth-order valence-electron chi connectivity index (χ4n) is 1.14. The van der Waals surface area contributed by atoms with E-state index in [1.54, 1.807) is 12.1 Å². The Morgan fingerprint density at radius 3 is 2.21 bits per heavy atom. The van der Waals surface area contributed by atoms with E-state index >= 15 is 0 Å². The molecule has 0 amide bonds. The van der Waals surface area contributed by atoms with Gasteiger partial charge in [-0.1, -0.05) is 41.7 Å². The summed E-state index contributed by atoms with van der Waals surface area (Å²) in [6, 6.07) is 3.48. The first-order chi connectivity index (χ1) is 6.56. The Morgan fingerprint density at radius 1 is 1.29 bits per heavy atom. The number of carbonyl (C=O) groups excluding carboxylic acids is 1. The molecule has 0 heterocycles. The second-order valence-electron chi connectivity index (χ2n) is 3.10. The van der Waals surface area contributed by atoms with Gasteiger partial charge in [-0.05, 0) is 23.6 Å². The fourth-order valence-corrected chi connectivity index (χ4v) is 1.75. The largest absolute Gasteiger partial charge is 0.303 e. The van der Waals surface area contributed by atoms with Crippen molar-refractivity contribution in [2.45, 2.75) is 19.3 Å². The van der Waals surface area contributed by atoms with Crippen LogP contribution in [0.5, 0.6) is 0 Å². The molecular formula is C10H9Cl3O. The first-order valence-corrected chi connectivity index (χ1v) is 5.27. The normalized spacial score (nSPS) is 12.6. The number of benzene rings is 1. The molecule has 1 rings (SSSR count). The van der Waals surface area contributed by atoms with Gasteiger partial charge in [-0.3, -0.25) is 0 Å². The lowest BCUT2D eigenvalue weighted by Gasteiger charge is -2.10. The van der Waals surface area contributed by atoms with Gasteiger partial charge < -0.3 is 4.79 Å². The van der Waals surface area contributed by atoms with E-state index in [4.69, 9.17) is 34.8 Å². The molecule has 0 N–H and O–H groups in total. The zero-order chi connectivity index (χ0) is 10.7. The Labute approximate surface area is 98.0 Å². The van der Waals surface area contributed by atoms with Gasteiger partial charge in [0.15, 0.2) is 0 Å². The van der Waals surface area contributed by atoms with E-state index in [0.717, 1.165) is 11.8 Å². The SMILES string of the molecule is CC(CC=O)c1cc(Cl)c(Cl)c(Cl)c1. The molecule has 1 nitrogen and oxygen atoms in total. The molecule has 0 saturated heterocycles. The van der Waals surface area contributed by atoms with Crippen LogP contribution in [0.1, 0.15) is 24.8 Å². The average molecular weight is 252 g/mol. The van der Waals surface area contributed by atoms with Gasteiger partial charge in [-0.2, -0.15) is 0 Å². The van der Waals surface area contributed by atoms with Crippen LogP contribution in [0.25, 0.3) is 0 Å². The standard InChI is InChI=1S/C10H9Cl3O/c1-6(2-3-14)7-4-8(11)10(13)9(12)5-7/h3-6H,2H2,1H3. The predicted molar refractivity (Wildman–Crippen MR) is 60.6 cm³/mol. The summed E-state index contributed by atoms with van der Waals surface area (Å²) in [6.45, 7) is 1.93. The molecule has 1 aromatic carbocycles. The van der Waals surface area contributed by atoms with Crippen LogP contribution in [0.4, 0.5) is 0 Å². The Bertz CT molecular complexity index is 326. The van der Waals surface area contributed by atoms with Crippen LogP contribution < -0.4 is 0 Å². The van der Waals surface area contributed by atoms with Crippen molar-refractivity contribution < 1.29 is 4.79 Å². The number of hydrogen-bond donors (Lipinski definition) is 0. The highest BCUT2D eigenvalue weighted by atomic mass is 35.5. The highest BCUT2D eigenvalue weighted by molar-refractivity contribution is 6.48. The van der Waals surface area contributed by atoms with Gasteiger partial charge in [0.1, 0.15) is 6.29 Å². The van der Waals surface area contributed by atoms with Crippen LogP contribution in [0.3, 0.4) is 0 Å². The minimum absolute atomic E-state index is 0.111. The molecule has 0 spiro atoms. The first-order valence-electron chi connectivity index (χ1n) is 4.14. The van der Waals surface area contributed by atoms with Gasteiger partial charge in [-0.25, -0.2) is 0 Å². The van der Waals surface area contributed by atoms with Crippen LogP contribution in [0.2, 0.25) is 15.1 Å². The van der Waals surface area contributed by atoms with Gasteiger partial charge in [0.25, 0.3) is 0 Å². The highest BCUT2D eigenvalue weighted by Crippen LogP contribution is 2.34. The van der Waals surface area contributed by atoms with Crippen LogP contribution >= 0.6 is 34.8 Å². The number of hydrogen-bond acceptors (Lipinski definition) is 1. The van der Waals surface area contributed by atoms with Crippen molar-refractivity contribution in [3.8, 4) is 0 Å². The molecule has 0 aromatic heterocycles. The third-order valence-electron chi connectivity index (χ3n) is 2.02. The predicted octanol–water partition coefficient (Wildman–Crippen LogP) is 4.34. The number of rotatable bonds is 3. The molecule has 0 aliphatic carbocycles. The molecule has 0 fully saturated rings. The van der Waals surface area contributed by atoms with E-state index in [0.29, 0.717) is 21.5 Å². The van der Waals surface area contributed by atoms with Crippen LogP contribution in [-0.4, -0.2) is 6.29 Å². The lowest BCUT2D eigenvalue weighted by molar-refractivity contribution is -0.108. The Balaban J connectivity index is 3.05. The molecule has 0 saturated carbocycles. The van der Waals surface area contributed by atoms with Crippen molar-refractivity contribution in [2.24, 2.45) is 0 Å². The zero-order valence-electron chi connectivity index (χ0n) is 7.56. The van der Waals surface area contributed by atoms with Crippen LogP contribution in [-0.2, 0) is 4.79 Å². The zero-order valence-corrected chi connectivity index (χ0v) is 9.83. The second kappa shape index (κ2) is 5.01. The van der Waals surface area contributed by atoms with Crippen molar-refractivity contribution >= 4 is 41.1 Å². The summed E-state index contributed by atoms with van der Waals surface area (Å²) in [5, 5.41) is 1.20. The van der Waals surface area contributed by atoms with Gasteiger partial charge in [0.05, 0.1) is 15.1 Å². The smallest absolute Gasteiger partial charge is 0.120 e. The van der Waals surface area contributed by atoms with Crippen molar-refractivity contribution in [1.29, 1.82) is 0 Å². The summed E-state index contributed by atoms with van der Waals surface area (Å²) in [4.78, 5) is 10.3. The number of halogens is 3. The Morgan fingerprint density at radius 2 is 1.79 bits per heavy atom. The Hall–Kier alpha value is -0.240. The van der Waals surface area contributed by atoms with Gasteiger partial charge in [0, 0.05) is 6.42 Å². The van der Waals surface area contributed by atoms with Crippen molar-refractivity contribution in [3.63, 3.8) is 0 Å². The molecule has 1 aromatic rings. The molecule has 14 heavy (non-hydrogen) atoms. The minimum atomic E-state index is 0.111. The van der Waals surface area contributed by atoms with Crippen molar-refractivity contribution in [3.05, 3.63) is 32.8 Å². The number of carbonyl (C=O) groups is 1. The quantitative estimate of drug-likeness (QED) is 0.577. The van der Waals surface area contributed by atoms with Crippen LogP contribution in [0.15, 0.2) is 12.1 Å². The minimum Gasteiger partial charge on any atom is -0.303 e. The second-order valence-corrected chi connectivity index (χ2v) is 4.29. The number of aldehydes is 1. The maximum absolute atomic E-state index is 10.3. The molecule has 4 heteroatoms. The maximum atomic E-state index is 10.3. The van der Waals surface area contributed by atoms with E-state index in [9.17, 15) is 4.79 Å². The van der Waals surface area contributed by atoms with Gasteiger partial charge >= 0.3 is 0 Å². The van der Waals surface area contributed by atoms with Gasteiger partial charge in [-0.15, -0.1) is 0 Å². The third-order valence-corrected chi connectivity index (χ3v) is 3.22. The summed E-state index contributed by atoms with van der Waals surface area (Å²) < 4.78 is 0. The molecule has 0 bridgehead atoms. The van der Waals surface area contributed by atoms with Crippen molar-refractivity contribution in [2.75, 3.05) is 0 Å². The lowest BCUT2D eigenvalue weighted by atomic mass is 9.99. The van der Waals surface area contributed by atoms with Crippen LogP contribution in [0, 0.1) is 0 Å². The van der Waals surface area contributed by atoms with E-state index in [1.165, 1.54) is 0 Å². The Kier molecular flexibility index (Phi) is 4.24. The monoisotopic (exact) mass is 250 g/mol. The molecule has 1 atom stereocenters. The topological polar surface area (TPSA) is 17.1 Å². The van der Waals surface area contributed by atoms with E-state index in [-0.39, 0.29) is 5.92 Å². The van der Waals surface area contributed by atoms with Gasteiger partial charge in [0.2, 0.25) is 0 Å². The molecule has 0 aliphatic rings. The molecule has 1 unspecified atom stereocenters. The van der Waals surface area contributed by atoms with E-state index < -0.39 is 0 Å². The summed E-state index contributed by atoms with van der Waals surface area (Å²) in [5.41, 5.74) is 0.927. The highest BCUT2D eigenvalue weighted by Gasteiger charge is 2.10. The summed E-state index contributed by atoms with van der Waals surface area (Å²) >= 11 is 17.5. The third kappa shape index (κ3) is 2.63. The molecule has 0 radical (unpaired) electrons. The van der Waals surface area contributed by atoms with E-state index in [1.807, 2.05) is 6.92 Å². The fraction of sp³-hybridized carbons (Fsp3) is 0.300.